The minimum atomic E-state index is -0.778. The molecular formula is C15H22FNOS. The van der Waals surface area contributed by atoms with Crippen molar-refractivity contribution in [3.05, 3.63) is 35.1 Å². The molecule has 19 heavy (non-hydrogen) atoms. The maximum absolute atomic E-state index is 13.2. The molecule has 106 valence electrons. The number of aryl methyl sites for hydroxylation is 1. The lowest BCUT2D eigenvalue weighted by molar-refractivity contribution is 0.404. The lowest BCUT2D eigenvalue weighted by Crippen LogP contribution is -2.40. The minimum Gasteiger partial charge on any atom is -0.616 e. The van der Waals surface area contributed by atoms with E-state index in [9.17, 15) is 8.94 Å². The maximum Gasteiger partial charge on any atom is 0.123 e. The van der Waals surface area contributed by atoms with Crippen LogP contribution < -0.4 is 5.32 Å². The molecular weight excluding hydrogens is 261 g/mol. The van der Waals surface area contributed by atoms with Crippen LogP contribution in [0.3, 0.4) is 0 Å². The molecule has 1 heterocycles. The molecule has 0 saturated carbocycles. The Kier molecular flexibility index (Phi) is 4.87. The van der Waals surface area contributed by atoms with Crippen molar-refractivity contribution in [1.82, 2.24) is 5.32 Å². The van der Waals surface area contributed by atoms with Crippen molar-refractivity contribution in [2.24, 2.45) is 0 Å². The van der Waals surface area contributed by atoms with Crippen LogP contribution in [-0.2, 0) is 11.2 Å². The molecule has 1 N–H and O–H groups in total. The summed E-state index contributed by atoms with van der Waals surface area (Å²) in [4.78, 5) is 0. The second-order valence-electron chi connectivity index (χ2n) is 5.53. The fourth-order valence-electron chi connectivity index (χ4n) is 2.75. The van der Waals surface area contributed by atoms with Crippen molar-refractivity contribution in [3.63, 3.8) is 0 Å². The minimum absolute atomic E-state index is 0.195. The number of nitrogens with one attached hydrogen (secondary N) is 1. The van der Waals surface area contributed by atoms with Gasteiger partial charge in [0.1, 0.15) is 16.3 Å². The lowest BCUT2D eigenvalue weighted by atomic mass is 9.94. The Balaban J connectivity index is 2.12. The summed E-state index contributed by atoms with van der Waals surface area (Å²) in [6.45, 7) is 6.83. The van der Waals surface area contributed by atoms with Gasteiger partial charge in [-0.15, -0.1) is 0 Å². The zero-order valence-corrected chi connectivity index (χ0v) is 12.6. The summed E-state index contributed by atoms with van der Waals surface area (Å²) in [5.41, 5.74) is 2.10. The largest absolute Gasteiger partial charge is 0.616 e. The lowest BCUT2D eigenvalue weighted by Gasteiger charge is -2.33. The molecule has 0 aromatic heterocycles. The van der Waals surface area contributed by atoms with Gasteiger partial charge in [0.2, 0.25) is 0 Å². The molecule has 1 aromatic rings. The van der Waals surface area contributed by atoms with E-state index in [1.54, 1.807) is 6.07 Å². The molecule has 3 atom stereocenters. The van der Waals surface area contributed by atoms with Crippen molar-refractivity contribution in [2.45, 2.75) is 50.2 Å². The summed E-state index contributed by atoms with van der Waals surface area (Å²) in [6, 6.07) is 5.12. The molecule has 0 bridgehead atoms. The van der Waals surface area contributed by atoms with E-state index in [0.29, 0.717) is 0 Å². The van der Waals surface area contributed by atoms with Gasteiger partial charge in [0, 0.05) is 25.4 Å². The van der Waals surface area contributed by atoms with Crippen LogP contribution in [-0.4, -0.2) is 21.6 Å². The van der Waals surface area contributed by atoms with Crippen LogP contribution >= 0.6 is 0 Å². The predicted octanol–water partition coefficient (Wildman–Crippen LogP) is 3.08. The number of hydrogen-bond acceptors (Lipinski definition) is 2. The summed E-state index contributed by atoms with van der Waals surface area (Å²) in [6.07, 6.45) is 1.83. The Labute approximate surface area is 118 Å². The van der Waals surface area contributed by atoms with Crippen LogP contribution in [0.15, 0.2) is 18.2 Å². The smallest absolute Gasteiger partial charge is 0.123 e. The van der Waals surface area contributed by atoms with Gasteiger partial charge in [-0.3, -0.25) is 0 Å². The maximum atomic E-state index is 13.2. The van der Waals surface area contributed by atoms with Gasteiger partial charge in [-0.2, -0.15) is 0 Å². The summed E-state index contributed by atoms with van der Waals surface area (Å²) < 4.78 is 25.4. The van der Waals surface area contributed by atoms with E-state index in [-0.39, 0.29) is 22.4 Å². The molecule has 1 aliphatic heterocycles. The molecule has 4 heteroatoms. The summed E-state index contributed by atoms with van der Waals surface area (Å²) in [5.74, 6) is -0.195. The molecule has 2 nitrogen and oxygen atoms in total. The number of hydrogen-bond donors (Lipinski definition) is 1. The van der Waals surface area contributed by atoms with E-state index in [1.165, 1.54) is 6.07 Å². The van der Waals surface area contributed by atoms with Gasteiger partial charge in [0.15, 0.2) is 0 Å². The molecule has 2 rings (SSSR count). The second kappa shape index (κ2) is 6.25. The highest BCUT2D eigenvalue weighted by Crippen LogP contribution is 2.30. The molecule has 0 aliphatic carbocycles. The molecule has 1 aliphatic rings. The fraction of sp³-hybridized carbons (Fsp3) is 0.600. The van der Waals surface area contributed by atoms with E-state index in [1.807, 2.05) is 26.8 Å². The summed E-state index contributed by atoms with van der Waals surface area (Å²) in [7, 11) is 0. The number of piperidine rings is 1. The zero-order valence-electron chi connectivity index (χ0n) is 11.8. The van der Waals surface area contributed by atoms with E-state index in [2.05, 4.69) is 5.32 Å². The first-order valence-electron chi connectivity index (χ1n) is 6.88. The van der Waals surface area contributed by atoms with Crippen molar-refractivity contribution < 1.29 is 8.94 Å². The average Bonchev–Trinajstić information content (AvgIpc) is 2.38. The molecule has 1 fully saturated rings. The first kappa shape index (κ1) is 14.8. The quantitative estimate of drug-likeness (QED) is 0.865. The fourth-order valence-corrected chi connectivity index (χ4v) is 4.25. The highest BCUT2D eigenvalue weighted by molar-refractivity contribution is 7.92. The van der Waals surface area contributed by atoms with Crippen molar-refractivity contribution in [2.75, 3.05) is 6.54 Å². The van der Waals surface area contributed by atoms with Gasteiger partial charge < -0.3 is 9.87 Å². The van der Waals surface area contributed by atoms with Gasteiger partial charge in [-0.05, 0) is 55.2 Å². The van der Waals surface area contributed by atoms with E-state index >= 15 is 0 Å². The standard InChI is InChI=1S/C15H22FNOS/c1-10(2)19(18)13-6-7-17-15(9-13)14-5-4-12(16)8-11(14)3/h4-5,8,10,13,15,17H,6-7,9H2,1-3H3. The van der Waals surface area contributed by atoms with Gasteiger partial charge in [0.05, 0.1) is 0 Å². The highest BCUT2D eigenvalue weighted by Gasteiger charge is 2.32. The van der Waals surface area contributed by atoms with Crippen LogP contribution in [0.1, 0.15) is 43.9 Å². The van der Waals surface area contributed by atoms with Crippen LogP contribution in [0.25, 0.3) is 0 Å². The topological polar surface area (TPSA) is 35.1 Å². The van der Waals surface area contributed by atoms with E-state index in [4.69, 9.17) is 0 Å². The summed E-state index contributed by atoms with van der Waals surface area (Å²) >= 11 is -0.778. The molecule has 0 spiro atoms. The Morgan fingerprint density at radius 1 is 1.42 bits per heavy atom. The SMILES string of the molecule is Cc1cc(F)ccc1C1CC([S+]([O-])C(C)C)CCN1. The molecule has 0 radical (unpaired) electrons. The van der Waals surface area contributed by atoms with Crippen molar-refractivity contribution in [3.8, 4) is 0 Å². The van der Waals surface area contributed by atoms with Gasteiger partial charge in [-0.25, -0.2) is 4.39 Å². The van der Waals surface area contributed by atoms with Crippen molar-refractivity contribution in [1.29, 1.82) is 0 Å². The molecule has 1 saturated heterocycles. The van der Waals surface area contributed by atoms with Crippen molar-refractivity contribution >= 4 is 11.2 Å². The highest BCUT2D eigenvalue weighted by atomic mass is 32.2. The third-order valence-electron chi connectivity index (χ3n) is 3.76. The second-order valence-corrected chi connectivity index (χ2v) is 7.80. The Bertz CT molecular complexity index is 438. The number of rotatable bonds is 3. The molecule has 0 amide bonds. The van der Waals surface area contributed by atoms with Gasteiger partial charge >= 0.3 is 0 Å². The predicted molar refractivity (Wildman–Crippen MR) is 78.2 cm³/mol. The van der Waals surface area contributed by atoms with Gasteiger partial charge in [-0.1, -0.05) is 6.07 Å². The Morgan fingerprint density at radius 3 is 2.79 bits per heavy atom. The van der Waals surface area contributed by atoms with Crippen LogP contribution in [0.2, 0.25) is 0 Å². The third kappa shape index (κ3) is 3.50. The van der Waals surface area contributed by atoms with E-state index < -0.39 is 11.2 Å². The Morgan fingerprint density at radius 2 is 2.16 bits per heavy atom. The van der Waals surface area contributed by atoms with Gasteiger partial charge in [0.25, 0.3) is 0 Å². The first-order chi connectivity index (χ1) is 8.99. The average molecular weight is 283 g/mol. The summed E-state index contributed by atoms with van der Waals surface area (Å²) in [5, 5.41) is 3.92. The van der Waals surface area contributed by atoms with Crippen LogP contribution in [0.5, 0.6) is 0 Å². The third-order valence-corrected chi connectivity index (χ3v) is 5.77. The number of benzene rings is 1. The normalized spacial score (nSPS) is 25.6. The van der Waals surface area contributed by atoms with Crippen LogP contribution in [0, 0.1) is 12.7 Å². The molecule has 3 unspecified atom stereocenters. The van der Waals surface area contributed by atoms with Crippen LogP contribution in [0.4, 0.5) is 4.39 Å². The Hall–Kier alpha value is -0.580. The zero-order chi connectivity index (χ0) is 14.0. The van der Waals surface area contributed by atoms with E-state index in [0.717, 1.165) is 30.5 Å². The molecule has 1 aromatic carbocycles. The monoisotopic (exact) mass is 283 g/mol. The first-order valence-corrected chi connectivity index (χ1v) is 8.15. The number of halogens is 1.